The number of aromatic nitrogens is 3. The molecular formula is C25H26N4O3S. The molecule has 0 saturated carbocycles. The number of nitrogens with one attached hydrogen (secondary N) is 1. The first-order valence-electron chi connectivity index (χ1n) is 11.0. The molecule has 3 heterocycles. The molecule has 0 radical (unpaired) electrons. The molecule has 4 aromatic rings. The fraction of sp³-hybridized carbons (Fsp3) is 0.320. The Labute approximate surface area is 196 Å². The third kappa shape index (κ3) is 4.43. The van der Waals surface area contributed by atoms with Crippen molar-refractivity contribution in [3.05, 3.63) is 59.4 Å². The topological polar surface area (TPSA) is 80.3 Å². The van der Waals surface area contributed by atoms with Gasteiger partial charge in [-0.2, -0.15) is 0 Å². The van der Waals surface area contributed by atoms with Gasteiger partial charge < -0.3 is 19.4 Å². The van der Waals surface area contributed by atoms with Crippen molar-refractivity contribution in [3.63, 3.8) is 0 Å². The van der Waals surface area contributed by atoms with Gasteiger partial charge in [0.15, 0.2) is 11.5 Å². The maximum Gasteiger partial charge on any atom is 0.228 e. The molecule has 33 heavy (non-hydrogen) atoms. The van der Waals surface area contributed by atoms with Crippen LogP contribution in [0, 0.1) is 0 Å². The number of nitrogens with zero attached hydrogens (tertiary/aromatic N) is 3. The van der Waals surface area contributed by atoms with Crippen LogP contribution in [0.3, 0.4) is 0 Å². The number of rotatable bonds is 6. The number of piperidine rings is 1. The molecule has 2 aromatic carbocycles. The third-order valence-electron chi connectivity index (χ3n) is 6.08. The number of hydrogen-bond acceptors (Lipinski definition) is 6. The van der Waals surface area contributed by atoms with E-state index in [1.807, 2.05) is 52.7 Å². The summed E-state index contributed by atoms with van der Waals surface area (Å²) in [5, 5.41) is 2.82. The van der Waals surface area contributed by atoms with E-state index in [9.17, 15) is 4.79 Å². The molecule has 1 unspecified atom stereocenters. The molecule has 7 nitrogen and oxygen atoms in total. The zero-order chi connectivity index (χ0) is 22.8. The number of carbonyl (C=O) groups is 1. The van der Waals surface area contributed by atoms with Crippen molar-refractivity contribution in [2.45, 2.75) is 25.2 Å². The molecule has 2 aromatic heterocycles. The normalized spacial score (nSPS) is 16.2. The number of thiazole rings is 1. The fourth-order valence-electron chi connectivity index (χ4n) is 4.35. The number of benzene rings is 2. The molecular weight excluding hydrogens is 436 g/mol. The quantitative estimate of drug-likeness (QED) is 0.451. The molecule has 1 aliphatic rings. The van der Waals surface area contributed by atoms with E-state index in [1.165, 1.54) is 11.3 Å². The lowest BCUT2D eigenvalue weighted by molar-refractivity contribution is -0.131. The first kappa shape index (κ1) is 21.5. The minimum atomic E-state index is 0.111. The van der Waals surface area contributed by atoms with Crippen LogP contribution in [-0.2, 0) is 11.2 Å². The Bertz CT molecular complexity index is 1250. The molecule has 1 atom stereocenters. The zero-order valence-electron chi connectivity index (χ0n) is 18.7. The summed E-state index contributed by atoms with van der Waals surface area (Å²) >= 11 is 1.53. The second kappa shape index (κ2) is 9.23. The number of carbonyl (C=O) groups excluding carboxylic acids is 1. The zero-order valence-corrected chi connectivity index (χ0v) is 19.5. The molecule has 1 N–H and O–H groups in total. The highest BCUT2D eigenvalue weighted by Crippen LogP contribution is 2.34. The first-order chi connectivity index (χ1) is 16.1. The molecule has 1 fully saturated rings. The summed E-state index contributed by atoms with van der Waals surface area (Å²) in [6.07, 6.45) is 2.31. The number of amides is 1. The summed E-state index contributed by atoms with van der Waals surface area (Å²) in [6.45, 7) is 1.47. The predicted octanol–water partition coefficient (Wildman–Crippen LogP) is 4.65. The number of aromatic amines is 1. The lowest BCUT2D eigenvalue weighted by atomic mass is 9.97. The Morgan fingerprint density at radius 1 is 1.15 bits per heavy atom. The van der Waals surface area contributed by atoms with Crippen LogP contribution in [0.2, 0.25) is 0 Å². The Kier molecular flexibility index (Phi) is 6.00. The number of H-pyrrole nitrogens is 1. The van der Waals surface area contributed by atoms with E-state index in [-0.39, 0.29) is 11.8 Å². The van der Waals surface area contributed by atoms with Crippen molar-refractivity contribution in [2.24, 2.45) is 0 Å². The van der Waals surface area contributed by atoms with Gasteiger partial charge in [-0.3, -0.25) is 4.79 Å². The highest BCUT2D eigenvalue weighted by Gasteiger charge is 2.27. The van der Waals surface area contributed by atoms with Gasteiger partial charge in [-0.05, 0) is 43.2 Å². The van der Waals surface area contributed by atoms with Crippen LogP contribution in [0.1, 0.15) is 30.3 Å². The molecule has 0 bridgehead atoms. The smallest absolute Gasteiger partial charge is 0.228 e. The molecule has 0 spiro atoms. The summed E-state index contributed by atoms with van der Waals surface area (Å²) < 4.78 is 10.7. The number of fused-ring (bicyclic) bond motifs is 1. The summed E-state index contributed by atoms with van der Waals surface area (Å²) in [4.78, 5) is 27.9. The van der Waals surface area contributed by atoms with Crippen molar-refractivity contribution >= 4 is 28.3 Å². The SMILES string of the molecule is COc1ccc(-c2nc(CC(=O)N3CCCC(c4nc5ccccc5[nH]4)C3)cs2)cc1OC. The van der Waals surface area contributed by atoms with Crippen LogP contribution < -0.4 is 9.47 Å². The van der Waals surface area contributed by atoms with E-state index in [0.29, 0.717) is 24.5 Å². The third-order valence-corrected chi connectivity index (χ3v) is 7.02. The van der Waals surface area contributed by atoms with Crippen molar-refractivity contribution in [2.75, 3.05) is 27.3 Å². The molecule has 1 amide bonds. The highest BCUT2D eigenvalue weighted by atomic mass is 32.1. The van der Waals surface area contributed by atoms with Crippen LogP contribution in [0.25, 0.3) is 21.6 Å². The second-order valence-corrected chi connectivity index (χ2v) is 9.07. The number of imidazole rings is 1. The van der Waals surface area contributed by atoms with Gasteiger partial charge in [0.05, 0.1) is 37.4 Å². The summed E-state index contributed by atoms with van der Waals surface area (Å²) in [5.74, 6) is 2.65. The standard InChI is InChI=1S/C25H26N4O3S/c1-31-21-10-9-16(12-22(21)32-2)25-26-18(15-33-25)13-23(30)29-11-5-6-17(14-29)24-27-19-7-3-4-8-20(19)28-24/h3-4,7-10,12,15,17H,5-6,11,13-14H2,1-2H3,(H,27,28). The van der Waals surface area contributed by atoms with Crippen molar-refractivity contribution in [1.29, 1.82) is 0 Å². The van der Waals surface area contributed by atoms with Gasteiger partial charge in [-0.1, -0.05) is 12.1 Å². The predicted molar refractivity (Wildman–Crippen MR) is 129 cm³/mol. The minimum absolute atomic E-state index is 0.111. The Morgan fingerprint density at radius 3 is 2.82 bits per heavy atom. The number of ether oxygens (including phenoxy) is 2. The lowest BCUT2D eigenvalue weighted by Crippen LogP contribution is -2.40. The van der Waals surface area contributed by atoms with Gasteiger partial charge in [0, 0.05) is 30.0 Å². The number of hydrogen-bond donors (Lipinski definition) is 1. The molecule has 1 aliphatic heterocycles. The lowest BCUT2D eigenvalue weighted by Gasteiger charge is -2.31. The summed E-state index contributed by atoms with van der Waals surface area (Å²) in [6, 6.07) is 13.8. The van der Waals surface area contributed by atoms with E-state index >= 15 is 0 Å². The molecule has 1 saturated heterocycles. The second-order valence-electron chi connectivity index (χ2n) is 8.21. The van der Waals surface area contributed by atoms with E-state index in [4.69, 9.17) is 19.4 Å². The minimum Gasteiger partial charge on any atom is -0.493 e. The Hall–Kier alpha value is -3.39. The molecule has 170 valence electrons. The van der Waals surface area contributed by atoms with Gasteiger partial charge in [-0.15, -0.1) is 11.3 Å². The average Bonchev–Trinajstić information content (AvgIpc) is 3.51. The van der Waals surface area contributed by atoms with Gasteiger partial charge in [-0.25, -0.2) is 9.97 Å². The maximum atomic E-state index is 13.1. The van der Waals surface area contributed by atoms with E-state index in [2.05, 4.69) is 4.98 Å². The van der Waals surface area contributed by atoms with Crippen LogP contribution in [-0.4, -0.2) is 53.1 Å². The largest absolute Gasteiger partial charge is 0.493 e. The number of para-hydroxylation sites is 2. The van der Waals surface area contributed by atoms with Crippen molar-refractivity contribution < 1.29 is 14.3 Å². The first-order valence-corrected chi connectivity index (χ1v) is 11.9. The van der Waals surface area contributed by atoms with E-state index < -0.39 is 0 Å². The average molecular weight is 463 g/mol. The van der Waals surface area contributed by atoms with E-state index in [0.717, 1.165) is 52.5 Å². The van der Waals surface area contributed by atoms with Crippen molar-refractivity contribution in [3.8, 4) is 22.1 Å². The summed E-state index contributed by atoms with van der Waals surface area (Å²) in [7, 11) is 3.23. The van der Waals surface area contributed by atoms with Crippen LogP contribution >= 0.6 is 11.3 Å². The molecule has 0 aliphatic carbocycles. The van der Waals surface area contributed by atoms with Crippen LogP contribution in [0.5, 0.6) is 11.5 Å². The van der Waals surface area contributed by atoms with Crippen LogP contribution in [0.4, 0.5) is 0 Å². The van der Waals surface area contributed by atoms with Gasteiger partial charge in [0.25, 0.3) is 0 Å². The number of likely N-dealkylation sites (tertiary alicyclic amines) is 1. The Morgan fingerprint density at radius 2 is 2.00 bits per heavy atom. The molecule has 8 heteroatoms. The maximum absolute atomic E-state index is 13.1. The van der Waals surface area contributed by atoms with Crippen molar-refractivity contribution in [1.82, 2.24) is 19.9 Å². The Balaban J connectivity index is 1.26. The van der Waals surface area contributed by atoms with Crippen LogP contribution in [0.15, 0.2) is 47.8 Å². The van der Waals surface area contributed by atoms with Gasteiger partial charge in [0.2, 0.25) is 5.91 Å². The van der Waals surface area contributed by atoms with E-state index in [1.54, 1.807) is 14.2 Å². The van der Waals surface area contributed by atoms with Gasteiger partial charge in [0.1, 0.15) is 10.8 Å². The monoisotopic (exact) mass is 462 g/mol. The highest BCUT2D eigenvalue weighted by molar-refractivity contribution is 7.13. The van der Waals surface area contributed by atoms with Gasteiger partial charge >= 0.3 is 0 Å². The number of methoxy groups -OCH3 is 2. The molecule has 5 rings (SSSR count). The fourth-order valence-corrected chi connectivity index (χ4v) is 5.17. The summed E-state index contributed by atoms with van der Waals surface area (Å²) in [5.41, 5.74) is 3.75.